The highest BCUT2D eigenvalue weighted by Gasteiger charge is 2.21. The molecule has 1 fully saturated rings. The van der Waals surface area contributed by atoms with Gasteiger partial charge in [-0.2, -0.15) is 0 Å². The fourth-order valence-electron chi connectivity index (χ4n) is 5.22. The van der Waals surface area contributed by atoms with Gasteiger partial charge in [-0.25, -0.2) is 0 Å². The molecule has 1 aliphatic heterocycles. The molecule has 0 spiro atoms. The number of ketones is 1. The molecule has 0 amide bonds. The van der Waals surface area contributed by atoms with Gasteiger partial charge in [-0.15, -0.1) is 23.7 Å². The van der Waals surface area contributed by atoms with Crippen molar-refractivity contribution in [2.45, 2.75) is 31.9 Å². The second-order valence-corrected chi connectivity index (χ2v) is 10.5. The Morgan fingerprint density at radius 1 is 1.03 bits per heavy atom. The smallest absolute Gasteiger partial charge is 0.211 e. The van der Waals surface area contributed by atoms with Crippen molar-refractivity contribution in [2.24, 2.45) is 7.05 Å². The summed E-state index contributed by atoms with van der Waals surface area (Å²) >= 11 is 1.66. The van der Waals surface area contributed by atoms with E-state index in [4.69, 9.17) is 9.47 Å². The summed E-state index contributed by atoms with van der Waals surface area (Å²) in [5.74, 6) is 1.69. The molecule has 8 heteroatoms. The number of benzene rings is 2. The molecule has 1 unspecified atom stereocenters. The summed E-state index contributed by atoms with van der Waals surface area (Å²) in [5, 5.41) is 6.45. The number of thiophene rings is 1. The van der Waals surface area contributed by atoms with Crippen molar-refractivity contribution in [2.75, 3.05) is 19.7 Å². The second-order valence-electron chi connectivity index (χ2n) is 9.59. The maximum Gasteiger partial charge on any atom is 0.211 e. The van der Waals surface area contributed by atoms with Crippen molar-refractivity contribution in [3.63, 3.8) is 0 Å². The van der Waals surface area contributed by atoms with E-state index in [1.54, 1.807) is 11.3 Å². The lowest BCUT2D eigenvalue weighted by molar-refractivity contribution is 0.103. The number of rotatable bonds is 8. The molecule has 1 saturated heterocycles. The van der Waals surface area contributed by atoms with Gasteiger partial charge in [-0.1, -0.05) is 24.3 Å². The van der Waals surface area contributed by atoms with Gasteiger partial charge in [0.05, 0.1) is 28.6 Å². The quantitative estimate of drug-likeness (QED) is 0.226. The molecule has 5 aromatic rings. The lowest BCUT2D eigenvalue weighted by Gasteiger charge is -2.17. The summed E-state index contributed by atoms with van der Waals surface area (Å²) in [6.45, 7) is 3.19. The summed E-state index contributed by atoms with van der Waals surface area (Å²) in [5.41, 5.74) is 3.55. The third-order valence-electron chi connectivity index (χ3n) is 7.16. The first kappa shape index (κ1) is 26.4. The van der Waals surface area contributed by atoms with E-state index >= 15 is 0 Å². The Bertz CT molecular complexity index is 1540. The number of carbonyl (C=O) groups excluding carboxylic acids is 1. The fourth-order valence-corrected chi connectivity index (χ4v) is 6.06. The molecule has 2 aromatic carbocycles. The SMILES string of the molecule is Cl.Cn1c(C(=O)c2cn(CCOc3cccc(OC4CCCNCC4)c3)c3ccccc23)cc2sccc21. The van der Waals surface area contributed by atoms with Crippen LogP contribution in [0, 0.1) is 0 Å². The van der Waals surface area contributed by atoms with E-state index in [0.717, 1.165) is 70.5 Å². The van der Waals surface area contributed by atoms with Crippen molar-refractivity contribution >= 4 is 50.6 Å². The normalized spacial score (nSPS) is 15.8. The average Bonchev–Trinajstić information content (AvgIpc) is 3.54. The summed E-state index contributed by atoms with van der Waals surface area (Å²) in [7, 11) is 1.96. The van der Waals surface area contributed by atoms with Crippen molar-refractivity contribution < 1.29 is 14.3 Å². The standard InChI is InChI=1S/C30H31N3O3S.ClH/c1-32-27-12-17-37-29(27)19-28(32)30(34)25-20-33(26-10-3-2-9-24(25)26)15-16-35-22-6-4-7-23(18-22)36-21-8-5-13-31-14-11-21;/h2-4,6-7,9-10,12,17-21,31H,5,8,11,13-16H2,1H3;1H. The van der Waals surface area contributed by atoms with E-state index in [-0.39, 0.29) is 24.3 Å². The van der Waals surface area contributed by atoms with Gasteiger partial charge in [0, 0.05) is 35.8 Å². The van der Waals surface area contributed by atoms with Crippen molar-refractivity contribution in [3.8, 4) is 11.5 Å². The number of para-hydroxylation sites is 1. The molecule has 1 N–H and O–H groups in total. The zero-order valence-electron chi connectivity index (χ0n) is 21.4. The van der Waals surface area contributed by atoms with Crippen molar-refractivity contribution in [3.05, 3.63) is 83.5 Å². The molecule has 4 heterocycles. The number of fused-ring (bicyclic) bond motifs is 2. The number of aryl methyl sites for hydroxylation is 1. The Morgan fingerprint density at radius 3 is 2.79 bits per heavy atom. The third-order valence-corrected chi connectivity index (χ3v) is 8.01. The van der Waals surface area contributed by atoms with Crippen LogP contribution in [0.5, 0.6) is 11.5 Å². The monoisotopic (exact) mass is 549 g/mol. The first-order valence-corrected chi connectivity index (χ1v) is 13.8. The minimum Gasteiger partial charge on any atom is -0.492 e. The van der Waals surface area contributed by atoms with Crippen LogP contribution in [-0.2, 0) is 13.6 Å². The lowest BCUT2D eigenvalue weighted by atomic mass is 10.1. The van der Waals surface area contributed by atoms with Gasteiger partial charge in [-0.3, -0.25) is 4.79 Å². The molecule has 0 bridgehead atoms. The van der Waals surface area contributed by atoms with Gasteiger partial charge in [0.15, 0.2) is 0 Å². The summed E-state index contributed by atoms with van der Waals surface area (Å²) in [4.78, 5) is 13.6. The van der Waals surface area contributed by atoms with Crippen LogP contribution in [0.25, 0.3) is 21.1 Å². The minimum absolute atomic E-state index is 0. The highest BCUT2D eigenvalue weighted by atomic mass is 35.5. The first-order valence-electron chi connectivity index (χ1n) is 12.9. The number of halogens is 1. The highest BCUT2D eigenvalue weighted by molar-refractivity contribution is 7.17. The lowest BCUT2D eigenvalue weighted by Crippen LogP contribution is -2.19. The van der Waals surface area contributed by atoms with E-state index < -0.39 is 0 Å². The number of aromatic nitrogens is 2. The molecule has 0 saturated carbocycles. The predicted molar refractivity (Wildman–Crippen MR) is 156 cm³/mol. The van der Waals surface area contributed by atoms with E-state index in [1.807, 2.05) is 66.3 Å². The average molecular weight is 550 g/mol. The summed E-state index contributed by atoms with van der Waals surface area (Å²) in [6, 6.07) is 20.1. The van der Waals surface area contributed by atoms with Gasteiger partial charge >= 0.3 is 0 Å². The van der Waals surface area contributed by atoms with E-state index in [2.05, 4.69) is 27.4 Å². The highest BCUT2D eigenvalue weighted by Crippen LogP contribution is 2.29. The summed E-state index contributed by atoms with van der Waals surface area (Å²) in [6.07, 6.45) is 5.44. The molecule has 1 atom stereocenters. The molecule has 3 aromatic heterocycles. The van der Waals surface area contributed by atoms with Gasteiger partial charge in [0.25, 0.3) is 0 Å². The number of carbonyl (C=O) groups is 1. The number of hydrogen-bond acceptors (Lipinski definition) is 5. The van der Waals surface area contributed by atoms with Crippen LogP contribution < -0.4 is 14.8 Å². The topological polar surface area (TPSA) is 57.4 Å². The zero-order chi connectivity index (χ0) is 25.2. The summed E-state index contributed by atoms with van der Waals surface area (Å²) < 4.78 is 17.6. The molecular formula is C30H32ClN3O3S. The number of ether oxygens (including phenoxy) is 2. The van der Waals surface area contributed by atoms with Crippen LogP contribution in [0.1, 0.15) is 35.3 Å². The van der Waals surface area contributed by atoms with Crippen LogP contribution in [0.15, 0.2) is 72.2 Å². The Morgan fingerprint density at radius 2 is 1.89 bits per heavy atom. The molecule has 38 heavy (non-hydrogen) atoms. The van der Waals surface area contributed by atoms with Gasteiger partial charge in [-0.05, 0) is 68.1 Å². The van der Waals surface area contributed by atoms with E-state index in [9.17, 15) is 4.79 Å². The molecule has 6 rings (SSSR count). The van der Waals surface area contributed by atoms with Gasteiger partial charge < -0.3 is 23.9 Å². The van der Waals surface area contributed by atoms with Crippen LogP contribution in [0.3, 0.4) is 0 Å². The molecule has 0 aliphatic carbocycles. The minimum atomic E-state index is 0. The predicted octanol–water partition coefficient (Wildman–Crippen LogP) is 6.45. The van der Waals surface area contributed by atoms with Gasteiger partial charge in [0.1, 0.15) is 18.1 Å². The number of nitrogens with zero attached hydrogens (tertiary/aromatic N) is 2. The van der Waals surface area contributed by atoms with E-state index in [1.165, 1.54) is 0 Å². The molecule has 0 radical (unpaired) electrons. The Labute approximate surface area is 232 Å². The van der Waals surface area contributed by atoms with Crippen LogP contribution in [0.4, 0.5) is 0 Å². The maximum absolute atomic E-state index is 13.6. The number of hydrogen-bond donors (Lipinski definition) is 1. The number of nitrogens with one attached hydrogen (secondary N) is 1. The maximum atomic E-state index is 13.6. The van der Waals surface area contributed by atoms with Crippen molar-refractivity contribution in [1.29, 1.82) is 0 Å². The zero-order valence-corrected chi connectivity index (χ0v) is 23.0. The van der Waals surface area contributed by atoms with Crippen LogP contribution >= 0.6 is 23.7 Å². The Kier molecular flexibility index (Phi) is 8.07. The fraction of sp³-hybridized carbons (Fsp3) is 0.300. The van der Waals surface area contributed by atoms with Crippen molar-refractivity contribution in [1.82, 2.24) is 14.5 Å². The molecular weight excluding hydrogens is 518 g/mol. The Balaban J connectivity index is 0.00000294. The van der Waals surface area contributed by atoms with Gasteiger partial charge in [0.2, 0.25) is 5.78 Å². The largest absolute Gasteiger partial charge is 0.492 e. The molecule has 1 aliphatic rings. The first-order chi connectivity index (χ1) is 18.2. The Hall–Kier alpha value is -3.26. The van der Waals surface area contributed by atoms with E-state index in [0.29, 0.717) is 18.8 Å². The molecule has 198 valence electrons. The third kappa shape index (κ3) is 5.32. The second kappa shape index (κ2) is 11.6. The van der Waals surface area contributed by atoms with Crippen LogP contribution in [0.2, 0.25) is 0 Å². The van der Waals surface area contributed by atoms with Crippen LogP contribution in [-0.4, -0.2) is 40.7 Å². The molecule has 6 nitrogen and oxygen atoms in total.